The SMILES string of the molecule is Cc1cc(OC(C)(C)C)c(C)cc1N. The Morgan fingerprint density at radius 1 is 1.07 bits per heavy atom. The number of hydrogen-bond acceptors (Lipinski definition) is 2. The number of nitrogen functional groups attached to an aromatic ring is 1. The zero-order valence-corrected chi connectivity index (χ0v) is 9.64. The Balaban J connectivity index is 3.04. The Labute approximate surface area is 86.1 Å². The maximum Gasteiger partial charge on any atom is 0.123 e. The Bertz CT molecular complexity index is 337. The Kier molecular flexibility index (Phi) is 2.74. The van der Waals surface area contributed by atoms with Crippen molar-refractivity contribution in [2.75, 3.05) is 5.73 Å². The molecule has 0 fully saturated rings. The monoisotopic (exact) mass is 193 g/mol. The third-order valence-corrected chi connectivity index (χ3v) is 1.98. The summed E-state index contributed by atoms with van der Waals surface area (Å²) in [5.41, 5.74) is 8.61. The average molecular weight is 193 g/mol. The van der Waals surface area contributed by atoms with Crippen molar-refractivity contribution in [3.05, 3.63) is 23.3 Å². The predicted molar refractivity (Wildman–Crippen MR) is 60.7 cm³/mol. The summed E-state index contributed by atoms with van der Waals surface area (Å²) >= 11 is 0. The molecule has 0 aliphatic heterocycles. The van der Waals surface area contributed by atoms with Gasteiger partial charge in [0.25, 0.3) is 0 Å². The summed E-state index contributed by atoms with van der Waals surface area (Å²) in [6.07, 6.45) is 0. The van der Waals surface area contributed by atoms with Crippen LogP contribution in [0.25, 0.3) is 0 Å². The van der Waals surface area contributed by atoms with Gasteiger partial charge in [0.05, 0.1) is 0 Å². The fourth-order valence-electron chi connectivity index (χ4n) is 1.25. The number of hydrogen-bond donors (Lipinski definition) is 1. The second-order valence-electron chi connectivity index (χ2n) is 4.69. The fraction of sp³-hybridized carbons (Fsp3) is 0.500. The van der Waals surface area contributed by atoms with Gasteiger partial charge in [-0.3, -0.25) is 0 Å². The molecule has 0 radical (unpaired) electrons. The molecule has 1 rings (SSSR count). The molecule has 78 valence electrons. The minimum absolute atomic E-state index is 0.159. The summed E-state index contributed by atoms with van der Waals surface area (Å²) < 4.78 is 5.81. The van der Waals surface area contributed by atoms with Crippen molar-refractivity contribution in [1.82, 2.24) is 0 Å². The average Bonchev–Trinajstić information content (AvgIpc) is 1.97. The van der Waals surface area contributed by atoms with E-state index in [1.54, 1.807) is 0 Å². The van der Waals surface area contributed by atoms with Crippen LogP contribution in [0, 0.1) is 13.8 Å². The van der Waals surface area contributed by atoms with Crippen LogP contribution in [0.15, 0.2) is 12.1 Å². The summed E-state index contributed by atoms with van der Waals surface area (Å²) in [7, 11) is 0. The molecule has 0 unspecified atom stereocenters. The molecule has 0 atom stereocenters. The van der Waals surface area contributed by atoms with E-state index in [0.717, 1.165) is 22.6 Å². The molecule has 1 aromatic carbocycles. The van der Waals surface area contributed by atoms with Crippen LogP contribution in [0.4, 0.5) is 5.69 Å². The number of benzene rings is 1. The minimum Gasteiger partial charge on any atom is -0.488 e. The van der Waals surface area contributed by atoms with Crippen molar-refractivity contribution in [3.8, 4) is 5.75 Å². The molecule has 0 amide bonds. The number of aryl methyl sites for hydroxylation is 2. The van der Waals surface area contributed by atoms with E-state index in [-0.39, 0.29) is 5.60 Å². The van der Waals surface area contributed by atoms with Crippen LogP contribution in [0.2, 0.25) is 0 Å². The fourth-order valence-corrected chi connectivity index (χ4v) is 1.25. The predicted octanol–water partition coefficient (Wildman–Crippen LogP) is 3.06. The van der Waals surface area contributed by atoms with Crippen molar-refractivity contribution in [1.29, 1.82) is 0 Å². The lowest BCUT2D eigenvalue weighted by molar-refractivity contribution is 0.130. The van der Waals surface area contributed by atoms with Gasteiger partial charge in [-0.1, -0.05) is 0 Å². The third-order valence-electron chi connectivity index (χ3n) is 1.98. The molecule has 0 aliphatic rings. The van der Waals surface area contributed by atoms with Crippen LogP contribution in [0.3, 0.4) is 0 Å². The molecule has 0 saturated carbocycles. The highest BCUT2D eigenvalue weighted by molar-refractivity contribution is 5.53. The first-order valence-electron chi connectivity index (χ1n) is 4.85. The number of rotatable bonds is 1. The quantitative estimate of drug-likeness (QED) is 0.696. The first kappa shape index (κ1) is 10.9. The van der Waals surface area contributed by atoms with Crippen LogP contribution in [-0.2, 0) is 0 Å². The van der Waals surface area contributed by atoms with E-state index in [2.05, 4.69) is 0 Å². The van der Waals surface area contributed by atoms with Gasteiger partial charge in [-0.05, 0) is 57.9 Å². The summed E-state index contributed by atoms with van der Waals surface area (Å²) in [5, 5.41) is 0. The second kappa shape index (κ2) is 3.52. The molecule has 14 heavy (non-hydrogen) atoms. The van der Waals surface area contributed by atoms with Crippen LogP contribution in [0.1, 0.15) is 31.9 Å². The van der Waals surface area contributed by atoms with Crippen molar-refractivity contribution < 1.29 is 4.74 Å². The lowest BCUT2D eigenvalue weighted by atomic mass is 10.1. The summed E-state index contributed by atoms with van der Waals surface area (Å²) in [6, 6.07) is 3.95. The van der Waals surface area contributed by atoms with Crippen LogP contribution in [-0.4, -0.2) is 5.60 Å². The van der Waals surface area contributed by atoms with Crippen molar-refractivity contribution >= 4 is 5.69 Å². The Morgan fingerprint density at radius 2 is 1.64 bits per heavy atom. The molecule has 0 saturated heterocycles. The molecule has 0 bridgehead atoms. The molecule has 0 heterocycles. The number of nitrogens with two attached hydrogens (primary N) is 1. The van der Waals surface area contributed by atoms with Crippen molar-refractivity contribution in [2.24, 2.45) is 0 Å². The lowest BCUT2D eigenvalue weighted by Crippen LogP contribution is -2.23. The largest absolute Gasteiger partial charge is 0.488 e. The van der Waals surface area contributed by atoms with E-state index in [4.69, 9.17) is 10.5 Å². The minimum atomic E-state index is -0.159. The molecule has 0 aromatic heterocycles. The summed E-state index contributed by atoms with van der Waals surface area (Å²) in [6.45, 7) is 10.1. The highest BCUT2D eigenvalue weighted by Crippen LogP contribution is 2.27. The van der Waals surface area contributed by atoms with Crippen LogP contribution < -0.4 is 10.5 Å². The molecule has 2 heteroatoms. The van der Waals surface area contributed by atoms with E-state index in [1.807, 2.05) is 46.8 Å². The maximum absolute atomic E-state index is 5.81. The second-order valence-corrected chi connectivity index (χ2v) is 4.69. The van der Waals surface area contributed by atoms with Gasteiger partial charge in [-0.2, -0.15) is 0 Å². The molecule has 0 aliphatic carbocycles. The van der Waals surface area contributed by atoms with Crippen molar-refractivity contribution in [3.63, 3.8) is 0 Å². The normalized spacial score (nSPS) is 11.5. The maximum atomic E-state index is 5.81. The molecular formula is C12H19NO. The van der Waals surface area contributed by atoms with E-state index >= 15 is 0 Å². The summed E-state index contributed by atoms with van der Waals surface area (Å²) in [5.74, 6) is 0.921. The first-order chi connectivity index (χ1) is 6.29. The van der Waals surface area contributed by atoms with Gasteiger partial charge in [-0.25, -0.2) is 0 Å². The molecule has 2 N–H and O–H groups in total. The number of ether oxygens (including phenoxy) is 1. The highest BCUT2D eigenvalue weighted by atomic mass is 16.5. The Morgan fingerprint density at radius 3 is 2.14 bits per heavy atom. The summed E-state index contributed by atoms with van der Waals surface area (Å²) in [4.78, 5) is 0. The van der Waals surface area contributed by atoms with Crippen molar-refractivity contribution in [2.45, 2.75) is 40.2 Å². The lowest BCUT2D eigenvalue weighted by Gasteiger charge is -2.23. The molecular weight excluding hydrogens is 174 g/mol. The van der Waals surface area contributed by atoms with Gasteiger partial charge in [0.15, 0.2) is 0 Å². The van der Waals surface area contributed by atoms with E-state index in [9.17, 15) is 0 Å². The van der Waals surface area contributed by atoms with Gasteiger partial charge in [0, 0.05) is 5.69 Å². The van der Waals surface area contributed by atoms with E-state index < -0.39 is 0 Å². The molecule has 2 nitrogen and oxygen atoms in total. The van der Waals surface area contributed by atoms with Crippen LogP contribution >= 0.6 is 0 Å². The van der Waals surface area contributed by atoms with Gasteiger partial charge in [0.2, 0.25) is 0 Å². The smallest absolute Gasteiger partial charge is 0.123 e. The number of anilines is 1. The first-order valence-corrected chi connectivity index (χ1v) is 4.85. The molecule has 1 aromatic rings. The zero-order chi connectivity index (χ0) is 10.9. The topological polar surface area (TPSA) is 35.2 Å². The van der Waals surface area contributed by atoms with Gasteiger partial charge >= 0.3 is 0 Å². The van der Waals surface area contributed by atoms with E-state index in [0.29, 0.717) is 0 Å². The molecule has 0 spiro atoms. The van der Waals surface area contributed by atoms with E-state index in [1.165, 1.54) is 0 Å². The van der Waals surface area contributed by atoms with Gasteiger partial charge < -0.3 is 10.5 Å². The highest BCUT2D eigenvalue weighted by Gasteiger charge is 2.13. The zero-order valence-electron chi connectivity index (χ0n) is 9.64. The van der Waals surface area contributed by atoms with Gasteiger partial charge in [-0.15, -0.1) is 0 Å². The van der Waals surface area contributed by atoms with Gasteiger partial charge in [0.1, 0.15) is 11.4 Å². The Hall–Kier alpha value is -1.18. The van der Waals surface area contributed by atoms with Crippen LogP contribution in [0.5, 0.6) is 5.75 Å². The third kappa shape index (κ3) is 2.66. The standard InChI is InChI=1S/C12H19NO/c1-8-7-11(14-12(3,4)5)9(2)6-10(8)13/h6-7H,13H2,1-5H3.